The molecule has 1 rings (SSSR count). The number of benzene rings is 1. The Labute approximate surface area is 105 Å². The fraction of sp³-hybridized carbons (Fsp3) is 0.538. The van der Waals surface area contributed by atoms with Crippen molar-refractivity contribution < 1.29 is 0 Å². The molecule has 1 aromatic carbocycles. The van der Waals surface area contributed by atoms with E-state index in [0.29, 0.717) is 3.93 Å². The summed E-state index contributed by atoms with van der Waals surface area (Å²) in [6, 6.07) is 10.9. The summed E-state index contributed by atoms with van der Waals surface area (Å²) in [5, 5.41) is 0. The zero-order valence-electron chi connectivity index (χ0n) is 11.4. The normalized spacial score (nSPS) is 14.5. The Hall–Kier alpha value is -0.0613. The van der Waals surface area contributed by atoms with E-state index in [1.165, 1.54) is 5.56 Å². The van der Waals surface area contributed by atoms with Gasteiger partial charge in [0.15, 0.2) is 0 Å². The van der Waals surface area contributed by atoms with Crippen molar-refractivity contribution in [3.05, 3.63) is 35.9 Å². The standard InChI is InChI=1S/C8H9.2C2H6N.CH3.Sn/c1-2-8-6-4-3-5-7-8;2*1-3-2;;/h2-7H,1H3;2*1-2H3;1H3;/q;2*-1;;+2. The van der Waals surface area contributed by atoms with Gasteiger partial charge in [0.05, 0.1) is 0 Å². The van der Waals surface area contributed by atoms with E-state index in [2.05, 4.69) is 76.6 Å². The average Bonchev–Trinajstić information content (AvgIpc) is 2.27. The van der Waals surface area contributed by atoms with Crippen molar-refractivity contribution in [1.29, 1.82) is 0 Å². The molecule has 1 aromatic rings. The van der Waals surface area contributed by atoms with Gasteiger partial charge in [-0.05, 0) is 0 Å². The summed E-state index contributed by atoms with van der Waals surface area (Å²) in [5.74, 6) is 0. The third-order valence-electron chi connectivity index (χ3n) is 3.93. The second-order valence-corrected chi connectivity index (χ2v) is 18.8. The molecule has 0 aliphatic carbocycles. The maximum atomic E-state index is 2.49. The van der Waals surface area contributed by atoms with E-state index in [4.69, 9.17) is 0 Å². The molecule has 0 saturated heterocycles. The number of hydrogen-bond acceptors (Lipinski definition) is 2. The molecule has 0 spiro atoms. The molecule has 0 fully saturated rings. The second-order valence-electron chi connectivity index (χ2n) is 5.02. The van der Waals surface area contributed by atoms with Gasteiger partial charge in [-0.1, -0.05) is 0 Å². The molecule has 1 unspecified atom stereocenters. The summed E-state index contributed by atoms with van der Waals surface area (Å²) in [4.78, 5) is 2.49. The summed E-state index contributed by atoms with van der Waals surface area (Å²) in [6.07, 6.45) is 0. The second kappa shape index (κ2) is 5.52. The van der Waals surface area contributed by atoms with Crippen LogP contribution in [0.4, 0.5) is 0 Å². The van der Waals surface area contributed by atoms with E-state index >= 15 is 0 Å². The van der Waals surface area contributed by atoms with Crippen molar-refractivity contribution in [3.8, 4) is 0 Å². The summed E-state index contributed by atoms with van der Waals surface area (Å²) >= 11 is -2.41. The third-order valence-corrected chi connectivity index (χ3v) is 19.9. The molecule has 0 aromatic heterocycles. The molecule has 0 amide bonds. The van der Waals surface area contributed by atoms with Crippen LogP contribution in [0.25, 0.3) is 0 Å². The van der Waals surface area contributed by atoms with E-state index in [9.17, 15) is 0 Å². The van der Waals surface area contributed by atoms with Crippen LogP contribution in [0.1, 0.15) is 16.4 Å². The fourth-order valence-corrected chi connectivity index (χ4v) is 11.3. The van der Waals surface area contributed by atoms with Gasteiger partial charge in [0.2, 0.25) is 0 Å². The van der Waals surface area contributed by atoms with Gasteiger partial charge in [-0.25, -0.2) is 0 Å². The first kappa shape index (κ1) is 14.0. The van der Waals surface area contributed by atoms with Crippen LogP contribution in [-0.2, 0) is 0 Å². The first-order valence-corrected chi connectivity index (χ1v) is 12.9. The molecule has 0 aliphatic rings. The van der Waals surface area contributed by atoms with Gasteiger partial charge in [-0.2, -0.15) is 0 Å². The number of rotatable bonds is 4. The Bertz CT molecular complexity index is 314. The van der Waals surface area contributed by atoms with E-state index < -0.39 is 18.9 Å². The van der Waals surface area contributed by atoms with Crippen LogP contribution >= 0.6 is 0 Å². The number of nitrogens with zero attached hydrogens (tertiary/aromatic N) is 2. The van der Waals surface area contributed by atoms with E-state index in [0.717, 1.165) is 0 Å². The monoisotopic (exact) mass is 328 g/mol. The van der Waals surface area contributed by atoms with Gasteiger partial charge >= 0.3 is 105 Å². The molecule has 0 bridgehead atoms. The molecule has 1 atom stereocenters. The quantitative estimate of drug-likeness (QED) is 0.784. The molecule has 0 saturated carbocycles. The van der Waals surface area contributed by atoms with Crippen LogP contribution in [-0.4, -0.2) is 53.4 Å². The van der Waals surface area contributed by atoms with Crippen LogP contribution in [0, 0.1) is 0 Å². The fourth-order valence-electron chi connectivity index (χ4n) is 2.23. The Morgan fingerprint density at radius 2 is 1.38 bits per heavy atom. The van der Waals surface area contributed by atoms with Gasteiger partial charge < -0.3 is 0 Å². The molecular formula is C13H24N2Sn. The minimum absolute atomic E-state index is 0.667. The zero-order chi connectivity index (χ0) is 12.3. The Morgan fingerprint density at radius 3 is 1.75 bits per heavy atom. The minimum atomic E-state index is -2.41. The van der Waals surface area contributed by atoms with Gasteiger partial charge in [-0.3, -0.25) is 0 Å². The van der Waals surface area contributed by atoms with Crippen molar-refractivity contribution in [1.82, 2.24) is 6.24 Å². The van der Waals surface area contributed by atoms with Crippen molar-refractivity contribution >= 4 is 18.9 Å². The Morgan fingerprint density at radius 1 is 0.938 bits per heavy atom. The third kappa shape index (κ3) is 2.60. The molecule has 0 N–H and O–H groups in total. The summed E-state index contributed by atoms with van der Waals surface area (Å²) in [5.41, 5.74) is 1.48. The Balaban J connectivity index is 3.06. The van der Waals surface area contributed by atoms with Crippen molar-refractivity contribution in [2.24, 2.45) is 0 Å². The molecule has 2 nitrogen and oxygen atoms in total. The van der Waals surface area contributed by atoms with E-state index in [1.54, 1.807) is 0 Å². The maximum absolute atomic E-state index is 2.49. The predicted molar refractivity (Wildman–Crippen MR) is 73.8 cm³/mol. The topological polar surface area (TPSA) is 6.48 Å². The summed E-state index contributed by atoms with van der Waals surface area (Å²) in [7, 11) is 8.93. The molecule has 0 radical (unpaired) electrons. The van der Waals surface area contributed by atoms with Gasteiger partial charge in [0.1, 0.15) is 0 Å². The summed E-state index contributed by atoms with van der Waals surface area (Å²) < 4.78 is 5.65. The molecule has 16 heavy (non-hydrogen) atoms. The summed E-state index contributed by atoms with van der Waals surface area (Å²) in [6.45, 7) is 2.38. The van der Waals surface area contributed by atoms with Crippen LogP contribution in [0.3, 0.4) is 0 Å². The van der Waals surface area contributed by atoms with Crippen molar-refractivity contribution in [2.75, 3.05) is 28.2 Å². The predicted octanol–water partition coefficient (Wildman–Crippen LogP) is 2.52. The first-order valence-electron chi connectivity index (χ1n) is 5.80. The first-order chi connectivity index (χ1) is 7.40. The van der Waals surface area contributed by atoms with Gasteiger partial charge in [0.25, 0.3) is 0 Å². The van der Waals surface area contributed by atoms with Gasteiger partial charge in [-0.15, -0.1) is 0 Å². The molecular weight excluding hydrogens is 303 g/mol. The molecule has 0 heterocycles. The van der Waals surface area contributed by atoms with Crippen LogP contribution < -0.4 is 0 Å². The molecule has 90 valence electrons. The zero-order valence-corrected chi connectivity index (χ0v) is 14.2. The van der Waals surface area contributed by atoms with E-state index in [1.807, 2.05) is 0 Å². The van der Waals surface area contributed by atoms with Crippen molar-refractivity contribution in [3.63, 3.8) is 0 Å². The van der Waals surface area contributed by atoms with E-state index in [-0.39, 0.29) is 0 Å². The Kier molecular flexibility index (Phi) is 4.83. The van der Waals surface area contributed by atoms with Crippen LogP contribution in [0.2, 0.25) is 4.94 Å². The molecule has 0 aliphatic heterocycles. The SMILES string of the molecule is C[CH](c1ccccc1)[Sn]([CH3])([N](C)C)[N](C)C. The van der Waals surface area contributed by atoms with Crippen LogP contribution in [0.5, 0.6) is 0 Å². The average molecular weight is 327 g/mol. The van der Waals surface area contributed by atoms with Gasteiger partial charge in [0, 0.05) is 0 Å². The number of hydrogen-bond donors (Lipinski definition) is 0. The van der Waals surface area contributed by atoms with Crippen LogP contribution in [0.15, 0.2) is 30.3 Å². The molecule has 3 heteroatoms. The van der Waals surface area contributed by atoms with Crippen molar-refractivity contribution in [2.45, 2.75) is 15.8 Å².